The van der Waals surface area contributed by atoms with Crippen LogP contribution in [-0.2, 0) is 4.79 Å². The van der Waals surface area contributed by atoms with E-state index in [2.05, 4.69) is 29.4 Å². The van der Waals surface area contributed by atoms with E-state index in [0.717, 1.165) is 26.1 Å². The molecule has 18 heavy (non-hydrogen) atoms. The molecule has 1 aromatic rings. The van der Waals surface area contributed by atoms with Crippen molar-refractivity contribution in [1.82, 2.24) is 5.32 Å². The molecule has 0 atom stereocenters. The van der Waals surface area contributed by atoms with Crippen LogP contribution in [0.2, 0.25) is 0 Å². The molecule has 0 radical (unpaired) electrons. The molecular formula is C14H22N2O2. The van der Waals surface area contributed by atoms with Crippen molar-refractivity contribution in [1.29, 1.82) is 0 Å². The second kappa shape index (κ2) is 8.53. The van der Waals surface area contributed by atoms with E-state index >= 15 is 0 Å². The molecule has 4 heteroatoms. The number of hydrogen-bond acceptors (Lipinski definition) is 3. The second-order valence-corrected chi connectivity index (χ2v) is 4.36. The van der Waals surface area contributed by atoms with Crippen molar-refractivity contribution in [2.24, 2.45) is 0 Å². The Morgan fingerprint density at radius 1 is 1.22 bits per heavy atom. The van der Waals surface area contributed by atoms with Gasteiger partial charge in [-0.3, -0.25) is 4.79 Å². The zero-order valence-electron chi connectivity index (χ0n) is 10.9. The van der Waals surface area contributed by atoms with Crippen LogP contribution in [-0.4, -0.2) is 37.8 Å². The normalized spacial score (nSPS) is 10.3. The Balaban J connectivity index is 2.03. The summed E-state index contributed by atoms with van der Waals surface area (Å²) in [6.07, 6.45) is 2.00. The van der Waals surface area contributed by atoms with E-state index in [1.165, 1.54) is 5.69 Å². The number of benzene rings is 1. The number of rotatable bonds is 9. The molecule has 0 spiro atoms. The van der Waals surface area contributed by atoms with Gasteiger partial charge in [0, 0.05) is 25.7 Å². The largest absolute Gasteiger partial charge is 0.481 e. The summed E-state index contributed by atoms with van der Waals surface area (Å²) < 4.78 is 0. The van der Waals surface area contributed by atoms with Crippen molar-refractivity contribution in [2.45, 2.75) is 19.3 Å². The van der Waals surface area contributed by atoms with Gasteiger partial charge in [-0.15, -0.1) is 0 Å². The maximum Gasteiger partial charge on any atom is 0.303 e. The number of para-hydroxylation sites is 1. The maximum atomic E-state index is 10.3. The molecule has 0 heterocycles. The number of carboxylic acids is 1. The van der Waals surface area contributed by atoms with Crippen LogP contribution in [0.25, 0.3) is 0 Å². The Morgan fingerprint density at radius 3 is 2.56 bits per heavy atom. The van der Waals surface area contributed by atoms with Gasteiger partial charge in [0.15, 0.2) is 0 Å². The van der Waals surface area contributed by atoms with Crippen LogP contribution >= 0.6 is 0 Å². The van der Waals surface area contributed by atoms with Crippen LogP contribution in [0.4, 0.5) is 5.69 Å². The molecule has 1 rings (SSSR count). The van der Waals surface area contributed by atoms with E-state index in [1.807, 2.05) is 18.2 Å². The van der Waals surface area contributed by atoms with Gasteiger partial charge < -0.3 is 15.3 Å². The Labute approximate surface area is 109 Å². The highest BCUT2D eigenvalue weighted by molar-refractivity contribution is 5.66. The van der Waals surface area contributed by atoms with Crippen molar-refractivity contribution >= 4 is 11.7 Å². The predicted octanol–water partition coefficient (Wildman–Crippen LogP) is 1.97. The van der Waals surface area contributed by atoms with Crippen LogP contribution in [0.15, 0.2) is 30.3 Å². The molecule has 4 nitrogen and oxygen atoms in total. The Bertz CT molecular complexity index is 341. The van der Waals surface area contributed by atoms with Gasteiger partial charge in [0.05, 0.1) is 0 Å². The summed E-state index contributed by atoms with van der Waals surface area (Å²) in [6, 6.07) is 10.3. The van der Waals surface area contributed by atoms with Crippen molar-refractivity contribution in [3.8, 4) is 0 Å². The predicted molar refractivity (Wildman–Crippen MR) is 74.1 cm³/mol. The minimum atomic E-state index is -0.722. The van der Waals surface area contributed by atoms with E-state index in [0.29, 0.717) is 6.42 Å². The van der Waals surface area contributed by atoms with Gasteiger partial charge in [-0.25, -0.2) is 0 Å². The molecule has 0 amide bonds. The van der Waals surface area contributed by atoms with Crippen LogP contribution < -0.4 is 10.2 Å². The molecule has 0 bridgehead atoms. The highest BCUT2D eigenvalue weighted by Crippen LogP contribution is 2.10. The first kappa shape index (κ1) is 14.5. The molecule has 0 aromatic heterocycles. The van der Waals surface area contributed by atoms with Crippen molar-refractivity contribution in [3.05, 3.63) is 30.3 Å². The van der Waals surface area contributed by atoms with Gasteiger partial charge in [-0.1, -0.05) is 18.2 Å². The third kappa shape index (κ3) is 6.25. The zero-order valence-corrected chi connectivity index (χ0v) is 10.9. The summed E-state index contributed by atoms with van der Waals surface area (Å²) >= 11 is 0. The van der Waals surface area contributed by atoms with E-state index in [4.69, 9.17) is 5.11 Å². The minimum absolute atomic E-state index is 0.247. The molecule has 0 saturated carbocycles. The standard InChI is InChI=1S/C14H22N2O2/c1-16(13-7-3-2-4-8-13)12-6-11-15-10-5-9-14(17)18/h2-4,7-8,15H,5-6,9-12H2,1H3,(H,17,18). The van der Waals surface area contributed by atoms with Crippen molar-refractivity contribution in [2.75, 3.05) is 31.6 Å². The number of carboxylic acid groups (broad SMARTS) is 1. The number of nitrogens with one attached hydrogen (secondary N) is 1. The number of hydrogen-bond donors (Lipinski definition) is 2. The smallest absolute Gasteiger partial charge is 0.303 e. The van der Waals surface area contributed by atoms with E-state index in [9.17, 15) is 4.79 Å². The van der Waals surface area contributed by atoms with E-state index < -0.39 is 5.97 Å². The fourth-order valence-corrected chi connectivity index (χ4v) is 1.74. The summed E-state index contributed by atoms with van der Waals surface area (Å²) in [5, 5.41) is 11.7. The van der Waals surface area contributed by atoms with Crippen molar-refractivity contribution in [3.63, 3.8) is 0 Å². The minimum Gasteiger partial charge on any atom is -0.481 e. The molecule has 2 N–H and O–H groups in total. The monoisotopic (exact) mass is 250 g/mol. The molecule has 1 aromatic carbocycles. The SMILES string of the molecule is CN(CCCNCCCC(=O)O)c1ccccc1. The third-order valence-corrected chi connectivity index (χ3v) is 2.79. The molecule has 100 valence electrons. The lowest BCUT2D eigenvalue weighted by Crippen LogP contribution is -2.24. The Hall–Kier alpha value is -1.55. The van der Waals surface area contributed by atoms with Crippen LogP contribution in [0, 0.1) is 0 Å². The fourth-order valence-electron chi connectivity index (χ4n) is 1.74. The second-order valence-electron chi connectivity index (χ2n) is 4.36. The number of aliphatic carboxylic acids is 1. The Morgan fingerprint density at radius 2 is 1.89 bits per heavy atom. The lowest BCUT2D eigenvalue weighted by molar-refractivity contribution is -0.137. The van der Waals surface area contributed by atoms with Crippen molar-refractivity contribution < 1.29 is 9.90 Å². The summed E-state index contributed by atoms with van der Waals surface area (Å²) in [7, 11) is 2.08. The van der Waals surface area contributed by atoms with Gasteiger partial charge in [0.25, 0.3) is 0 Å². The first-order valence-electron chi connectivity index (χ1n) is 6.39. The van der Waals surface area contributed by atoms with Gasteiger partial charge in [0.1, 0.15) is 0 Å². The molecule has 0 unspecified atom stereocenters. The summed E-state index contributed by atoms with van der Waals surface area (Å²) in [4.78, 5) is 12.5. The maximum absolute atomic E-state index is 10.3. The van der Waals surface area contributed by atoms with Gasteiger partial charge >= 0.3 is 5.97 Å². The van der Waals surface area contributed by atoms with Crippen LogP contribution in [0.1, 0.15) is 19.3 Å². The molecular weight excluding hydrogens is 228 g/mol. The highest BCUT2D eigenvalue weighted by atomic mass is 16.4. The van der Waals surface area contributed by atoms with Gasteiger partial charge in [0.2, 0.25) is 0 Å². The third-order valence-electron chi connectivity index (χ3n) is 2.79. The molecule has 0 fully saturated rings. The lowest BCUT2D eigenvalue weighted by atomic mass is 10.3. The van der Waals surface area contributed by atoms with Gasteiger partial charge in [-0.05, 0) is 38.1 Å². The van der Waals surface area contributed by atoms with Gasteiger partial charge in [-0.2, -0.15) is 0 Å². The Kier molecular flexibility index (Phi) is 6.87. The summed E-state index contributed by atoms with van der Waals surface area (Å²) in [6.45, 7) is 2.70. The van der Waals surface area contributed by atoms with E-state index in [1.54, 1.807) is 0 Å². The van der Waals surface area contributed by atoms with Crippen LogP contribution in [0.5, 0.6) is 0 Å². The van der Waals surface area contributed by atoms with E-state index in [-0.39, 0.29) is 6.42 Å². The average molecular weight is 250 g/mol. The average Bonchev–Trinajstić information content (AvgIpc) is 2.38. The molecule has 0 saturated heterocycles. The quantitative estimate of drug-likeness (QED) is 0.658. The number of nitrogens with zero attached hydrogens (tertiary/aromatic N) is 1. The summed E-state index contributed by atoms with van der Waals surface area (Å²) in [5.74, 6) is -0.722. The summed E-state index contributed by atoms with van der Waals surface area (Å²) in [5.41, 5.74) is 1.23. The van der Waals surface area contributed by atoms with Crippen LogP contribution in [0.3, 0.4) is 0 Å². The first-order valence-corrected chi connectivity index (χ1v) is 6.39. The lowest BCUT2D eigenvalue weighted by Gasteiger charge is -2.19. The highest BCUT2D eigenvalue weighted by Gasteiger charge is 1.99. The molecule has 0 aliphatic carbocycles. The fraction of sp³-hybridized carbons (Fsp3) is 0.500. The topological polar surface area (TPSA) is 52.6 Å². The molecule has 0 aliphatic heterocycles. The number of carbonyl (C=O) groups is 1. The number of anilines is 1. The zero-order chi connectivity index (χ0) is 13.2. The molecule has 0 aliphatic rings. The first-order chi connectivity index (χ1) is 8.70.